The Balaban J connectivity index is 1.50. The highest BCUT2D eigenvalue weighted by atomic mass is 32.2. The highest BCUT2D eigenvalue weighted by molar-refractivity contribution is 7.90. The van der Waals surface area contributed by atoms with Gasteiger partial charge in [-0.05, 0) is 30.2 Å². The van der Waals surface area contributed by atoms with E-state index in [-0.39, 0.29) is 29.7 Å². The molecule has 4 aromatic rings. The maximum atomic E-state index is 14.4. The van der Waals surface area contributed by atoms with Crippen molar-refractivity contribution < 1.29 is 22.3 Å². The Morgan fingerprint density at radius 2 is 1.67 bits per heavy atom. The minimum atomic E-state index is -4.02. The second-order valence-corrected chi connectivity index (χ2v) is 12.3. The number of rotatable bonds is 11. The van der Waals surface area contributed by atoms with Gasteiger partial charge in [-0.15, -0.1) is 0 Å². The largest absolute Gasteiger partial charge is 0.379 e. The Morgan fingerprint density at radius 3 is 2.40 bits per heavy atom. The first kappa shape index (κ1) is 29.6. The van der Waals surface area contributed by atoms with Crippen LogP contribution in [0, 0.1) is 12.7 Å². The number of hydrogen-bond acceptors (Lipinski definition) is 6. The van der Waals surface area contributed by atoms with Crippen molar-refractivity contribution in [2.24, 2.45) is 0 Å². The lowest BCUT2D eigenvalue weighted by Crippen LogP contribution is -2.43. The summed E-state index contributed by atoms with van der Waals surface area (Å²) >= 11 is 0. The zero-order valence-electron chi connectivity index (χ0n) is 23.7. The number of aromatic nitrogens is 2. The third-order valence-electron chi connectivity index (χ3n) is 7.47. The minimum Gasteiger partial charge on any atom is -0.379 e. The summed E-state index contributed by atoms with van der Waals surface area (Å²) in [6.07, 6.45) is 1.52. The molecule has 0 radical (unpaired) electrons. The van der Waals surface area contributed by atoms with Gasteiger partial charge in [0.25, 0.3) is 5.91 Å². The molecule has 0 aliphatic carbocycles. The smallest absolute Gasteiger partial charge is 0.254 e. The van der Waals surface area contributed by atoms with Crippen molar-refractivity contribution in [2.45, 2.75) is 30.9 Å². The first-order valence-electron chi connectivity index (χ1n) is 14.0. The Hall–Kier alpha value is -3.86. The van der Waals surface area contributed by atoms with Crippen molar-refractivity contribution in [3.05, 3.63) is 119 Å². The molecule has 2 heterocycles. The number of imidazole rings is 1. The average molecular weight is 591 g/mol. The standard InChI is InChI=1S/C32H35FN4O4S/c1-25-9-5-7-13-29(25)31(38)36(16-15-35-17-19-41-20-18-35)23-28-21-34-32(37(28)22-26-10-3-2-4-11-26)42(39,40)24-27-12-6-8-14-30(27)33/h2-14,21H,15-20,22-24H2,1H3. The molecule has 42 heavy (non-hydrogen) atoms. The van der Waals surface area contributed by atoms with E-state index >= 15 is 0 Å². The molecule has 3 aromatic carbocycles. The fourth-order valence-electron chi connectivity index (χ4n) is 5.10. The van der Waals surface area contributed by atoms with Gasteiger partial charge in [-0.3, -0.25) is 9.69 Å². The van der Waals surface area contributed by atoms with Crippen LogP contribution in [0.2, 0.25) is 0 Å². The Kier molecular flexibility index (Phi) is 9.46. The average Bonchev–Trinajstić information content (AvgIpc) is 3.40. The number of hydrogen-bond donors (Lipinski definition) is 0. The first-order valence-corrected chi connectivity index (χ1v) is 15.7. The fourth-order valence-corrected chi connectivity index (χ4v) is 6.61. The molecule has 0 N–H and O–H groups in total. The van der Waals surface area contributed by atoms with Crippen molar-refractivity contribution in [3.63, 3.8) is 0 Å². The third-order valence-corrected chi connectivity index (χ3v) is 9.05. The summed E-state index contributed by atoms with van der Waals surface area (Å²) in [5, 5.41) is -0.152. The predicted molar refractivity (Wildman–Crippen MR) is 158 cm³/mol. The van der Waals surface area contributed by atoms with Gasteiger partial charge in [0.1, 0.15) is 5.82 Å². The van der Waals surface area contributed by atoms with Crippen LogP contribution < -0.4 is 0 Å². The first-order chi connectivity index (χ1) is 20.3. The topological polar surface area (TPSA) is 84.7 Å². The summed E-state index contributed by atoms with van der Waals surface area (Å²) in [5.74, 6) is -1.24. The van der Waals surface area contributed by atoms with E-state index in [1.165, 1.54) is 24.4 Å². The third kappa shape index (κ3) is 7.13. The lowest BCUT2D eigenvalue weighted by atomic mass is 10.1. The minimum absolute atomic E-state index is 0.0789. The molecule has 0 bridgehead atoms. The van der Waals surface area contributed by atoms with Crippen LogP contribution in [-0.2, 0) is 33.4 Å². The van der Waals surface area contributed by atoms with Crippen molar-refractivity contribution in [3.8, 4) is 0 Å². The number of halogens is 1. The predicted octanol–water partition coefficient (Wildman–Crippen LogP) is 4.33. The number of morpholine rings is 1. The van der Waals surface area contributed by atoms with E-state index in [1.807, 2.05) is 61.5 Å². The highest BCUT2D eigenvalue weighted by Crippen LogP contribution is 2.22. The van der Waals surface area contributed by atoms with Crippen LogP contribution in [0.15, 0.2) is 90.2 Å². The number of carbonyl (C=O) groups is 1. The van der Waals surface area contributed by atoms with E-state index in [1.54, 1.807) is 15.5 Å². The van der Waals surface area contributed by atoms with Gasteiger partial charge in [0.2, 0.25) is 15.0 Å². The zero-order valence-corrected chi connectivity index (χ0v) is 24.5. The van der Waals surface area contributed by atoms with Gasteiger partial charge in [0.15, 0.2) is 0 Å². The Bertz CT molecular complexity index is 1620. The van der Waals surface area contributed by atoms with Gasteiger partial charge in [-0.1, -0.05) is 66.7 Å². The summed E-state index contributed by atoms with van der Waals surface area (Å²) in [4.78, 5) is 22.2. The maximum absolute atomic E-state index is 14.4. The summed E-state index contributed by atoms with van der Waals surface area (Å²) in [7, 11) is -4.02. The molecule has 8 nitrogen and oxygen atoms in total. The number of ether oxygens (including phenoxy) is 1. The summed E-state index contributed by atoms with van der Waals surface area (Å²) in [5.41, 5.74) is 3.00. The van der Waals surface area contributed by atoms with Gasteiger partial charge < -0.3 is 14.2 Å². The van der Waals surface area contributed by atoms with Gasteiger partial charge in [0, 0.05) is 37.3 Å². The van der Waals surface area contributed by atoms with Crippen LogP contribution in [0.3, 0.4) is 0 Å². The molecule has 1 amide bonds. The number of carbonyl (C=O) groups excluding carboxylic acids is 1. The molecule has 10 heteroatoms. The van der Waals surface area contributed by atoms with Crippen LogP contribution in [0.5, 0.6) is 0 Å². The second kappa shape index (κ2) is 13.4. The van der Waals surface area contributed by atoms with Crippen molar-refractivity contribution in [2.75, 3.05) is 39.4 Å². The van der Waals surface area contributed by atoms with E-state index in [9.17, 15) is 17.6 Å². The number of benzene rings is 3. The van der Waals surface area contributed by atoms with E-state index in [0.29, 0.717) is 37.6 Å². The van der Waals surface area contributed by atoms with Gasteiger partial charge in [0.05, 0.1) is 43.9 Å². The lowest BCUT2D eigenvalue weighted by molar-refractivity contribution is 0.0319. The SMILES string of the molecule is Cc1ccccc1C(=O)N(CCN1CCOCC1)Cc1cnc(S(=O)(=O)Cc2ccccc2F)n1Cc1ccccc1. The number of amides is 1. The highest BCUT2D eigenvalue weighted by Gasteiger charge is 2.27. The second-order valence-electron chi connectivity index (χ2n) is 10.4. The molecule has 1 aromatic heterocycles. The lowest BCUT2D eigenvalue weighted by Gasteiger charge is -2.30. The Labute approximate surface area is 246 Å². The van der Waals surface area contributed by atoms with Crippen LogP contribution in [0.4, 0.5) is 4.39 Å². The normalized spacial score (nSPS) is 14.1. The number of aryl methyl sites for hydroxylation is 1. The molecule has 220 valence electrons. The molecule has 0 unspecified atom stereocenters. The molecular weight excluding hydrogens is 555 g/mol. The molecule has 1 fully saturated rings. The van der Waals surface area contributed by atoms with Crippen LogP contribution in [-0.4, -0.2) is 73.1 Å². The van der Waals surface area contributed by atoms with Crippen molar-refractivity contribution >= 4 is 15.7 Å². The van der Waals surface area contributed by atoms with Crippen molar-refractivity contribution in [1.29, 1.82) is 0 Å². The van der Waals surface area contributed by atoms with Crippen LogP contribution in [0.25, 0.3) is 0 Å². The van der Waals surface area contributed by atoms with Gasteiger partial charge in [-0.25, -0.2) is 17.8 Å². The summed E-state index contributed by atoms with van der Waals surface area (Å²) in [6.45, 7) is 6.28. The molecular formula is C32H35FN4O4S. The molecule has 0 saturated carbocycles. The van der Waals surface area contributed by atoms with Gasteiger partial charge >= 0.3 is 0 Å². The van der Waals surface area contributed by atoms with Crippen molar-refractivity contribution in [1.82, 2.24) is 19.4 Å². The Morgan fingerprint density at radius 1 is 0.976 bits per heavy atom. The number of nitrogens with zero attached hydrogens (tertiary/aromatic N) is 4. The van der Waals surface area contributed by atoms with E-state index < -0.39 is 21.4 Å². The van der Waals surface area contributed by atoms with E-state index in [4.69, 9.17) is 4.74 Å². The van der Waals surface area contributed by atoms with Crippen LogP contribution in [0.1, 0.15) is 32.7 Å². The summed E-state index contributed by atoms with van der Waals surface area (Å²) in [6, 6.07) is 22.8. The zero-order chi connectivity index (χ0) is 29.5. The number of sulfone groups is 1. The molecule has 0 atom stereocenters. The quantitative estimate of drug-likeness (QED) is 0.259. The summed E-state index contributed by atoms with van der Waals surface area (Å²) < 4.78 is 48.8. The fraction of sp³-hybridized carbons (Fsp3) is 0.312. The maximum Gasteiger partial charge on any atom is 0.254 e. The van der Waals surface area contributed by atoms with Gasteiger partial charge in [-0.2, -0.15) is 0 Å². The monoisotopic (exact) mass is 590 g/mol. The molecule has 1 saturated heterocycles. The van der Waals surface area contributed by atoms with Crippen LogP contribution >= 0.6 is 0 Å². The molecule has 1 aliphatic heterocycles. The molecule has 0 spiro atoms. The molecule has 1 aliphatic rings. The van der Waals surface area contributed by atoms with E-state index in [0.717, 1.165) is 24.2 Å². The van der Waals surface area contributed by atoms with E-state index in [2.05, 4.69) is 9.88 Å². The molecule has 5 rings (SSSR count).